The Labute approximate surface area is 107 Å². The summed E-state index contributed by atoms with van der Waals surface area (Å²) >= 11 is 7.39. The fourth-order valence-corrected chi connectivity index (χ4v) is 3.68. The van der Waals surface area contributed by atoms with Crippen LogP contribution in [0.4, 0.5) is 0 Å². The van der Waals surface area contributed by atoms with Crippen molar-refractivity contribution in [2.45, 2.75) is 24.1 Å². The molecule has 1 nitrogen and oxygen atoms in total. The predicted octanol–water partition coefficient (Wildman–Crippen LogP) is 4.69. The number of methoxy groups -OCH3 is 1. The zero-order chi connectivity index (χ0) is 10.8. The second-order valence-corrected chi connectivity index (χ2v) is 5.82. The largest absolute Gasteiger partial charge is 0.497 e. The van der Waals surface area contributed by atoms with Crippen LogP contribution in [0.15, 0.2) is 22.7 Å². The lowest BCUT2D eigenvalue weighted by Crippen LogP contribution is -2.16. The van der Waals surface area contributed by atoms with Gasteiger partial charge in [0.1, 0.15) is 5.75 Å². The second kappa shape index (κ2) is 4.88. The fraction of sp³-hybridized carbons (Fsp3) is 0.500. The number of benzene rings is 1. The summed E-state index contributed by atoms with van der Waals surface area (Å²) in [5.41, 5.74) is 1.33. The molecule has 0 heterocycles. The lowest BCUT2D eigenvalue weighted by molar-refractivity contribution is 0.311. The molecule has 2 rings (SSSR count). The predicted molar refractivity (Wildman–Crippen MR) is 69.7 cm³/mol. The Bertz CT molecular complexity index is 347. The highest BCUT2D eigenvalue weighted by atomic mass is 79.9. The number of ether oxygens (including phenoxy) is 1. The molecule has 1 saturated carbocycles. The number of hydrogen-bond acceptors (Lipinski definition) is 1. The molecule has 1 atom stereocenters. The van der Waals surface area contributed by atoms with Crippen molar-refractivity contribution >= 4 is 31.9 Å². The van der Waals surface area contributed by atoms with E-state index in [-0.39, 0.29) is 0 Å². The molecule has 1 aliphatic carbocycles. The van der Waals surface area contributed by atoms with Crippen LogP contribution in [-0.4, -0.2) is 7.11 Å². The Hall–Kier alpha value is -0.0200. The smallest absolute Gasteiger partial charge is 0.120 e. The van der Waals surface area contributed by atoms with Gasteiger partial charge in [0.05, 0.1) is 7.11 Å². The van der Waals surface area contributed by atoms with Gasteiger partial charge in [0.2, 0.25) is 0 Å². The van der Waals surface area contributed by atoms with E-state index in [1.807, 2.05) is 12.1 Å². The van der Waals surface area contributed by atoms with E-state index < -0.39 is 0 Å². The first kappa shape index (κ1) is 11.5. The Morgan fingerprint density at radius 2 is 2.13 bits per heavy atom. The zero-order valence-electron chi connectivity index (χ0n) is 8.67. The number of hydrogen-bond donors (Lipinski definition) is 0. The molecule has 3 heteroatoms. The molecule has 82 valence electrons. The fourth-order valence-electron chi connectivity index (χ4n) is 1.84. The summed E-state index contributed by atoms with van der Waals surface area (Å²) in [5, 5.41) is 0. The number of rotatable bonds is 3. The molecule has 15 heavy (non-hydrogen) atoms. The lowest BCUT2D eigenvalue weighted by Gasteiger charge is -2.31. The van der Waals surface area contributed by atoms with Crippen molar-refractivity contribution in [3.63, 3.8) is 0 Å². The van der Waals surface area contributed by atoms with Gasteiger partial charge in [-0.2, -0.15) is 0 Å². The highest BCUT2D eigenvalue weighted by molar-refractivity contribution is 9.11. The van der Waals surface area contributed by atoms with Gasteiger partial charge in [-0.25, -0.2) is 0 Å². The molecule has 0 saturated heterocycles. The van der Waals surface area contributed by atoms with Gasteiger partial charge in [0.25, 0.3) is 0 Å². The molecule has 0 N–H and O–H groups in total. The Morgan fingerprint density at radius 3 is 2.60 bits per heavy atom. The van der Waals surface area contributed by atoms with Crippen molar-refractivity contribution in [2.24, 2.45) is 5.92 Å². The Morgan fingerprint density at radius 1 is 1.40 bits per heavy atom. The number of halogens is 2. The third-order valence-electron chi connectivity index (χ3n) is 3.07. The Balaban J connectivity index is 2.19. The van der Waals surface area contributed by atoms with Crippen molar-refractivity contribution < 1.29 is 4.74 Å². The molecular weight excluding hydrogens is 320 g/mol. The monoisotopic (exact) mass is 332 g/mol. The second-order valence-electron chi connectivity index (χ2n) is 3.98. The molecular formula is C12H14Br2O. The molecule has 0 bridgehead atoms. The third-order valence-corrected chi connectivity index (χ3v) is 5.00. The molecule has 1 fully saturated rings. The molecule has 1 unspecified atom stereocenters. The SMILES string of the molecule is COc1ccc(C(Br)C2CCC2)c(Br)c1. The summed E-state index contributed by atoms with van der Waals surface area (Å²) in [5.74, 6) is 1.70. The van der Waals surface area contributed by atoms with E-state index in [0.717, 1.165) is 16.1 Å². The summed E-state index contributed by atoms with van der Waals surface area (Å²) in [6, 6.07) is 6.19. The van der Waals surface area contributed by atoms with Crippen LogP contribution >= 0.6 is 31.9 Å². The summed E-state index contributed by atoms with van der Waals surface area (Å²) in [6.45, 7) is 0. The van der Waals surface area contributed by atoms with E-state index in [4.69, 9.17) is 4.74 Å². The maximum absolute atomic E-state index is 5.19. The molecule has 0 amide bonds. The topological polar surface area (TPSA) is 9.23 Å². The van der Waals surface area contributed by atoms with Gasteiger partial charge in [-0.05, 0) is 36.5 Å². The van der Waals surface area contributed by atoms with Crippen molar-refractivity contribution in [2.75, 3.05) is 7.11 Å². The molecule has 1 aromatic carbocycles. The van der Waals surface area contributed by atoms with E-state index in [0.29, 0.717) is 4.83 Å². The molecule has 1 aliphatic rings. The average molecular weight is 334 g/mol. The van der Waals surface area contributed by atoms with Gasteiger partial charge in [-0.1, -0.05) is 44.3 Å². The van der Waals surface area contributed by atoms with Gasteiger partial charge in [0, 0.05) is 9.30 Å². The highest BCUT2D eigenvalue weighted by Crippen LogP contribution is 2.45. The molecule has 0 aliphatic heterocycles. The molecule has 0 spiro atoms. The quantitative estimate of drug-likeness (QED) is 0.729. The minimum Gasteiger partial charge on any atom is -0.497 e. The van der Waals surface area contributed by atoms with E-state index in [9.17, 15) is 0 Å². The van der Waals surface area contributed by atoms with Crippen LogP contribution < -0.4 is 4.74 Å². The minimum atomic E-state index is 0.478. The summed E-state index contributed by atoms with van der Waals surface area (Å²) in [4.78, 5) is 0.478. The average Bonchev–Trinajstić information content (AvgIpc) is 2.14. The van der Waals surface area contributed by atoms with Crippen molar-refractivity contribution in [1.82, 2.24) is 0 Å². The van der Waals surface area contributed by atoms with Gasteiger partial charge < -0.3 is 4.74 Å². The summed E-state index contributed by atoms with van der Waals surface area (Å²) in [6.07, 6.45) is 4.06. The van der Waals surface area contributed by atoms with E-state index in [1.54, 1.807) is 7.11 Å². The van der Waals surface area contributed by atoms with Crippen LogP contribution in [-0.2, 0) is 0 Å². The van der Waals surface area contributed by atoms with Gasteiger partial charge in [-0.3, -0.25) is 0 Å². The van der Waals surface area contributed by atoms with Crippen LogP contribution in [0.3, 0.4) is 0 Å². The number of alkyl halides is 1. The summed E-state index contributed by atoms with van der Waals surface area (Å²) < 4.78 is 6.32. The Kier molecular flexibility index (Phi) is 3.73. The van der Waals surface area contributed by atoms with Gasteiger partial charge in [-0.15, -0.1) is 0 Å². The molecule has 0 radical (unpaired) electrons. The van der Waals surface area contributed by atoms with Gasteiger partial charge >= 0.3 is 0 Å². The van der Waals surface area contributed by atoms with Crippen LogP contribution in [0, 0.1) is 5.92 Å². The van der Waals surface area contributed by atoms with Crippen LogP contribution in [0.5, 0.6) is 5.75 Å². The molecule has 1 aromatic rings. The van der Waals surface area contributed by atoms with Crippen molar-refractivity contribution in [1.29, 1.82) is 0 Å². The standard InChI is InChI=1S/C12H14Br2O/c1-15-9-5-6-10(11(13)7-9)12(14)8-3-2-4-8/h5-8,12H,2-4H2,1H3. The zero-order valence-corrected chi connectivity index (χ0v) is 11.8. The molecule has 0 aromatic heterocycles. The van der Waals surface area contributed by atoms with Crippen molar-refractivity contribution in [3.8, 4) is 5.75 Å². The normalized spacial score (nSPS) is 18.3. The van der Waals surface area contributed by atoms with Crippen LogP contribution in [0.1, 0.15) is 29.7 Å². The first-order valence-electron chi connectivity index (χ1n) is 5.20. The van der Waals surface area contributed by atoms with Crippen LogP contribution in [0.2, 0.25) is 0 Å². The minimum absolute atomic E-state index is 0.478. The first-order chi connectivity index (χ1) is 7.22. The highest BCUT2D eigenvalue weighted by Gasteiger charge is 2.27. The van der Waals surface area contributed by atoms with E-state index >= 15 is 0 Å². The van der Waals surface area contributed by atoms with Crippen LogP contribution in [0.25, 0.3) is 0 Å². The first-order valence-corrected chi connectivity index (χ1v) is 6.90. The van der Waals surface area contributed by atoms with E-state index in [2.05, 4.69) is 37.9 Å². The maximum Gasteiger partial charge on any atom is 0.120 e. The maximum atomic E-state index is 5.19. The van der Waals surface area contributed by atoms with Gasteiger partial charge in [0.15, 0.2) is 0 Å². The third kappa shape index (κ3) is 2.39. The summed E-state index contributed by atoms with van der Waals surface area (Å²) in [7, 11) is 1.69. The van der Waals surface area contributed by atoms with E-state index in [1.165, 1.54) is 24.8 Å². The van der Waals surface area contributed by atoms with Crippen molar-refractivity contribution in [3.05, 3.63) is 28.2 Å². The lowest BCUT2D eigenvalue weighted by atomic mass is 9.81.